The van der Waals surface area contributed by atoms with E-state index in [1.807, 2.05) is 17.8 Å². The van der Waals surface area contributed by atoms with Gasteiger partial charge >= 0.3 is 0 Å². The van der Waals surface area contributed by atoms with Crippen LogP contribution in [0.2, 0.25) is 0 Å². The minimum atomic E-state index is 0.824. The molecule has 0 bridgehead atoms. The van der Waals surface area contributed by atoms with E-state index in [1.165, 1.54) is 69.7 Å². The lowest BCUT2D eigenvalue weighted by Gasteiger charge is -2.34. The largest absolute Gasteiger partial charge is 0.453 e. The summed E-state index contributed by atoms with van der Waals surface area (Å²) in [6.07, 6.45) is 0. The van der Waals surface area contributed by atoms with E-state index in [0.717, 1.165) is 51.1 Å². The quantitative estimate of drug-likeness (QED) is 0.165. The van der Waals surface area contributed by atoms with Crippen molar-refractivity contribution in [2.45, 2.75) is 9.79 Å². The monoisotopic (exact) mass is 808 g/mol. The van der Waals surface area contributed by atoms with E-state index in [2.05, 4.69) is 222 Å². The van der Waals surface area contributed by atoms with Crippen LogP contribution in [0, 0.1) is 0 Å². The van der Waals surface area contributed by atoms with Crippen molar-refractivity contribution in [1.29, 1.82) is 0 Å². The summed E-state index contributed by atoms with van der Waals surface area (Å²) in [5.41, 5.74) is 11.2. The van der Waals surface area contributed by atoms with Crippen LogP contribution in [0.4, 0.5) is 34.1 Å². The Balaban J connectivity index is 0.962. The molecule has 4 heteroatoms. The fourth-order valence-electron chi connectivity index (χ4n) is 9.67. The van der Waals surface area contributed by atoms with Crippen LogP contribution in [-0.2, 0) is 0 Å². The van der Waals surface area contributed by atoms with E-state index in [1.54, 1.807) is 0 Å². The second-order valence-electron chi connectivity index (χ2n) is 16.1. The van der Waals surface area contributed by atoms with Crippen molar-refractivity contribution >= 4 is 89.0 Å². The molecule has 0 amide bonds. The smallest absolute Gasteiger partial charge is 0.151 e. The summed E-state index contributed by atoms with van der Waals surface area (Å²) in [5, 5.41) is 10.0. The van der Waals surface area contributed by atoms with Gasteiger partial charge in [0, 0.05) is 21.2 Å². The SMILES string of the molecule is c1ccc(-c2ccc(N3c4cc(-c5ccc6c(c5)N(c5ccc7c8ccccc8c8ccccc8c7c5)c5ccccc5O6)ccc4Sc4c3ccc3ccccc43)cc2)cc1. The van der Waals surface area contributed by atoms with E-state index in [0.29, 0.717) is 0 Å². The number of anilines is 6. The molecule has 0 radical (unpaired) electrons. The maximum absolute atomic E-state index is 6.66. The van der Waals surface area contributed by atoms with E-state index in [4.69, 9.17) is 4.74 Å². The molecule has 0 atom stereocenters. The third-order valence-corrected chi connectivity index (χ3v) is 13.8. The summed E-state index contributed by atoms with van der Waals surface area (Å²) in [6.45, 7) is 0. The number of nitrogens with zero attached hydrogens (tertiary/aromatic N) is 2. The Hall–Kier alpha value is -7.79. The van der Waals surface area contributed by atoms with Crippen LogP contribution in [-0.4, -0.2) is 0 Å². The molecule has 0 saturated carbocycles. The minimum absolute atomic E-state index is 0.824. The molecule has 0 N–H and O–H groups in total. The predicted molar refractivity (Wildman–Crippen MR) is 261 cm³/mol. The van der Waals surface area contributed by atoms with Crippen LogP contribution < -0.4 is 14.5 Å². The first-order chi connectivity index (χ1) is 30.7. The molecule has 0 fully saturated rings. The van der Waals surface area contributed by atoms with Crippen LogP contribution in [0.5, 0.6) is 11.5 Å². The van der Waals surface area contributed by atoms with E-state index in [9.17, 15) is 0 Å². The first-order valence-corrected chi connectivity index (χ1v) is 21.9. The molecule has 0 aliphatic carbocycles. The van der Waals surface area contributed by atoms with Gasteiger partial charge in [0.15, 0.2) is 11.5 Å². The van der Waals surface area contributed by atoms with Crippen LogP contribution in [0.25, 0.3) is 65.3 Å². The van der Waals surface area contributed by atoms with Crippen molar-refractivity contribution in [3.8, 4) is 33.8 Å². The van der Waals surface area contributed by atoms with Crippen molar-refractivity contribution in [2.75, 3.05) is 9.80 Å². The summed E-state index contributed by atoms with van der Waals surface area (Å²) in [7, 11) is 0. The van der Waals surface area contributed by atoms with Crippen molar-refractivity contribution < 1.29 is 4.74 Å². The van der Waals surface area contributed by atoms with Gasteiger partial charge in [-0.2, -0.15) is 0 Å². The molecular formula is C58H36N2OS. The molecule has 0 aromatic heterocycles. The molecule has 2 aliphatic heterocycles. The average molecular weight is 809 g/mol. The Morgan fingerprint density at radius 3 is 1.63 bits per heavy atom. The summed E-state index contributed by atoms with van der Waals surface area (Å²) < 4.78 is 6.66. The highest BCUT2D eigenvalue weighted by atomic mass is 32.2. The lowest BCUT2D eigenvalue weighted by atomic mass is 9.94. The second kappa shape index (κ2) is 13.9. The van der Waals surface area contributed by atoms with Gasteiger partial charge in [0.05, 0.1) is 22.7 Å². The Bertz CT molecular complexity index is 3560. The maximum atomic E-state index is 6.66. The molecule has 0 saturated heterocycles. The summed E-state index contributed by atoms with van der Waals surface area (Å²) in [6, 6.07) is 79.2. The topological polar surface area (TPSA) is 15.7 Å². The van der Waals surface area contributed by atoms with Crippen molar-refractivity contribution in [2.24, 2.45) is 0 Å². The average Bonchev–Trinajstić information content (AvgIpc) is 3.35. The van der Waals surface area contributed by atoms with Crippen LogP contribution in [0.3, 0.4) is 0 Å². The highest BCUT2D eigenvalue weighted by molar-refractivity contribution is 8.00. The van der Waals surface area contributed by atoms with Crippen LogP contribution in [0.1, 0.15) is 0 Å². The molecule has 11 aromatic rings. The minimum Gasteiger partial charge on any atom is -0.453 e. The summed E-state index contributed by atoms with van der Waals surface area (Å²) in [4.78, 5) is 7.31. The summed E-state index contributed by atoms with van der Waals surface area (Å²) >= 11 is 1.86. The lowest BCUT2D eigenvalue weighted by molar-refractivity contribution is 0.477. The highest BCUT2D eigenvalue weighted by Crippen LogP contribution is 2.56. The third-order valence-electron chi connectivity index (χ3n) is 12.6. The number of rotatable bonds is 4. The van der Waals surface area contributed by atoms with E-state index < -0.39 is 0 Å². The number of ether oxygens (including phenoxy) is 1. The van der Waals surface area contributed by atoms with Gasteiger partial charge in [0.2, 0.25) is 0 Å². The molecular weight excluding hydrogens is 773 g/mol. The molecule has 2 aliphatic rings. The molecule has 11 aromatic carbocycles. The first kappa shape index (κ1) is 35.0. The maximum Gasteiger partial charge on any atom is 0.151 e. The predicted octanol–water partition coefficient (Wildman–Crippen LogP) is 17.1. The van der Waals surface area contributed by atoms with E-state index >= 15 is 0 Å². The highest BCUT2D eigenvalue weighted by Gasteiger charge is 2.29. The Morgan fingerprint density at radius 1 is 0.306 bits per heavy atom. The zero-order chi connectivity index (χ0) is 40.7. The second-order valence-corrected chi connectivity index (χ2v) is 17.1. The molecule has 13 rings (SSSR count). The zero-order valence-electron chi connectivity index (χ0n) is 33.5. The fraction of sp³-hybridized carbons (Fsp3) is 0. The lowest BCUT2D eigenvalue weighted by Crippen LogP contribution is -2.16. The number of hydrogen-bond acceptors (Lipinski definition) is 4. The first-order valence-electron chi connectivity index (χ1n) is 21.1. The van der Waals surface area contributed by atoms with Gasteiger partial charge in [-0.1, -0.05) is 163 Å². The summed E-state index contributed by atoms with van der Waals surface area (Å²) in [5.74, 6) is 1.66. The van der Waals surface area contributed by atoms with Gasteiger partial charge in [-0.25, -0.2) is 0 Å². The fourth-order valence-corrected chi connectivity index (χ4v) is 10.8. The molecule has 290 valence electrons. The van der Waals surface area contributed by atoms with Crippen molar-refractivity contribution in [3.05, 3.63) is 218 Å². The Morgan fingerprint density at radius 2 is 0.855 bits per heavy atom. The van der Waals surface area contributed by atoms with Gasteiger partial charge in [0.25, 0.3) is 0 Å². The number of fused-ring (bicyclic) bond motifs is 12. The Kier molecular flexibility index (Phi) is 7.84. The van der Waals surface area contributed by atoms with Gasteiger partial charge in [-0.15, -0.1) is 0 Å². The van der Waals surface area contributed by atoms with Gasteiger partial charge in [-0.3, -0.25) is 0 Å². The molecule has 0 unspecified atom stereocenters. The van der Waals surface area contributed by atoms with Gasteiger partial charge < -0.3 is 14.5 Å². The Labute approximate surface area is 363 Å². The zero-order valence-corrected chi connectivity index (χ0v) is 34.3. The van der Waals surface area contributed by atoms with E-state index in [-0.39, 0.29) is 0 Å². The van der Waals surface area contributed by atoms with Crippen molar-refractivity contribution in [3.63, 3.8) is 0 Å². The normalized spacial score (nSPS) is 12.8. The molecule has 2 heterocycles. The molecule has 3 nitrogen and oxygen atoms in total. The van der Waals surface area contributed by atoms with Crippen LogP contribution >= 0.6 is 11.8 Å². The number of hydrogen-bond donors (Lipinski definition) is 0. The molecule has 0 spiro atoms. The number of para-hydroxylation sites is 2. The van der Waals surface area contributed by atoms with Crippen LogP contribution in [0.15, 0.2) is 228 Å². The molecule has 62 heavy (non-hydrogen) atoms. The van der Waals surface area contributed by atoms with Gasteiger partial charge in [-0.05, 0) is 132 Å². The standard InChI is InChI=1S/C58H36N2OS/c1-2-12-37(13-3-1)38-22-27-42(28-23-38)59-52-31-24-39-14-4-5-15-44(39)58(52)62-57-33-26-41(35-54(57)59)40-25-32-56-53(34-40)60(51-20-10-11-21-55(51)61-56)43-29-30-49-47-18-7-6-16-45(47)46-17-8-9-19-48(46)50(49)36-43/h1-36H. The van der Waals surface area contributed by atoms with Gasteiger partial charge in [0.1, 0.15) is 0 Å². The third kappa shape index (κ3) is 5.47. The van der Waals surface area contributed by atoms with Crippen molar-refractivity contribution in [1.82, 2.24) is 0 Å². The number of benzene rings is 11.